The van der Waals surface area contributed by atoms with Crippen LogP contribution in [0.15, 0.2) is 48.5 Å². The SMILES string of the molecule is CCOC(=O)c1ccccc1NC(=O)/C=C/c1ccc(OCC)c(OCC)c1. The van der Waals surface area contributed by atoms with E-state index in [1.807, 2.05) is 32.0 Å². The van der Waals surface area contributed by atoms with Crippen molar-refractivity contribution >= 4 is 23.6 Å². The molecule has 0 saturated carbocycles. The molecular formula is C22H25NO5. The van der Waals surface area contributed by atoms with Crippen LogP contribution in [0, 0.1) is 0 Å². The molecule has 0 aliphatic carbocycles. The smallest absolute Gasteiger partial charge is 0.340 e. The molecule has 0 saturated heterocycles. The minimum atomic E-state index is -0.477. The highest BCUT2D eigenvalue weighted by molar-refractivity contribution is 6.06. The first kappa shape index (κ1) is 21.0. The third kappa shape index (κ3) is 5.87. The Labute approximate surface area is 165 Å². The van der Waals surface area contributed by atoms with Crippen molar-refractivity contribution in [3.63, 3.8) is 0 Å². The number of nitrogens with one attached hydrogen (secondary N) is 1. The van der Waals surface area contributed by atoms with Crippen LogP contribution in [0.4, 0.5) is 5.69 Å². The van der Waals surface area contributed by atoms with Crippen LogP contribution in [0.3, 0.4) is 0 Å². The van der Waals surface area contributed by atoms with Gasteiger partial charge in [-0.05, 0) is 56.7 Å². The normalized spacial score (nSPS) is 10.5. The van der Waals surface area contributed by atoms with Gasteiger partial charge in [-0.25, -0.2) is 4.79 Å². The number of amides is 1. The van der Waals surface area contributed by atoms with Crippen molar-refractivity contribution < 1.29 is 23.8 Å². The summed E-state index contributed by atoms with van der Waals surface area (Å²) in [7, 11) is 0. The van der Waals surface area contributed by atoms with E-state index in [1.54, 1.807) is 37.3 Å². The van der Waals surface area contributed by atoms with Gasteiger partial charge in [0, 0.05) is 6.08 Å². The Bertz CT molecular complexity index is 845. The highest BCUT2D eigenvalue weighted by Crippen LogP contribution is 2.29. The molecule has 0 aromatic heterocycles. The number of carbonyl (C=O) groups excluding carboxylic acids is 2. The quantitative estimate of drug-likeness (QED) is 0.516. The Morgan fingerprint density at radius 3 is 2.36 bits per heavy atom. The molecule has 0 atom stereocenters. The van der Waals surface area contributed by atoms with Crippen molar-refractivity contribution in [2.45, 2.75) is 20.8 Å². The minimum Gasteiger partial charge on any atom is -0.490 e. The van der Waals surface area contributed by atoms with Gasteiger partial charge < -0.3 is 19.5 Å². The van der Waals surface area contributed by atoms with E-state index in [1.165, 1.54) is 6.08 Å². The first-order chi connectivity index (χ1) is 13.6. The van der Waals surface area contributed by atoms with Crippen LogP contribution >= 0.6 is 0 Å². The zero-order chi connectivity index (χ0) is 20.4. The highest BCUT2D eigenvalue weighted by Gasteiger charge is 2.13. The molecule has 0 radical (unpaired) electrons. The fourth-order valence-corrected chi connectivity index (χ4v) is 2.50. The molecule has 0 spiro atoms. The highest BCUT2D eigenvalue weighted by atomic mass is 16.5. The van der Waals surface area contributed by atoms with E-state index >= 15 is 0 Å². The second-order valence-electron chi connectivity index (χ2n) is 5.66. The van der Waals surface area contributed by atoms with E-state index in [2.05, 4.69) is 5.32 Å². The van der Waals surface area contributed by atoms with E-state index in [-0.39, 0.29) is 12.5 Å². The van der Waals surface area contributed by atoms with Crippen LogP contribution in [0.5, 0.6) is 11.5 Å². The fourth-order valence-electron chi connectivity index (χ4n) is 2.50. The monoisotopic (exact) mass is 383 g/mol. The molecular weight excluding hydrogens is 358 g/mol. The van der Waals surface area contributed by atoms with Crippen molar-refractivity contribution in [2.24, 2.45) is 0 Å². The predicted molar refractivity (Wildman–Crippen MR) is 109 cm³/mol. The molecule has 2 aromatic rings. The van der Waals surface area contributed by atoms with Crippen LogP contribution in [0.2, 0.25) is 0 Å². The van der Waals surface area contributed by atoms with Crippen LogP contribution in [-0.4, -0.2) is 31.7 Å². The van der Waals surface area contributed by atoms with Crippen molar-refractivity contribution in [3.8, 4) is 11.5 Å². The molecule has 0 heterocycles. The number of para-hydroxylation sites is 1. The summed E-state index contributed by atoms with van der Waals surface area (Å²) in [6.45, 7) is 6.85. The molecule has 0 aliphatic heterocycles. The second kappa shape index (κ2) is 10.8. The number of ether oxygens (including phenoxy) is 3. The number of rotatable bonds is 9. The summed E-state index contributed by atoms with van der Waals surface area (Å²) in [6.07, 6.45) is 3.06. The van der Waals surface area contributed by atoms with Crippen molar-refractivity contribution in [1.29, 1.82) is 0 Å². The lowest BCUT2D eigenvalue weighted by atomic mass is 10.1. The maximum Gasteiger partial charge on any atom is 0.340 e. The Hall–Kier alpha value is -3.28. The van der Waals surface area contributed by atoms with Crippen LogP contribution in [0.25, 0.3) is 6.08 Å². The van der Waals surface area contributed by atoms with E-state index < -0.39 is 5.97 Å². The Balaban J connectivity index is 2.12. The number of carbonyl (C=O) groups is 2. The Morgan fingerprint density at radius 2 is 1.64 bits per heavy atom. The summed E-state index contributed by atoms with van der Waals surface area (Å²) in [5.74, 6) is 0.452. The van der Waals surface area contributed by atoms with Crippen LogP contribution in [0.1, 0.15) is 36.7 Å². The zero-order valence-electron chi connectivity index (χ0n) is 16.4. The van der Waals surface area contributed by atoms with Crippen molar-refractivity contribution in [3.05, 3.63) is 59.7 Å². The molecule has 1 amide bonds. The maximum absolute atomic E-state index is 12.3. The first-order valence-electron chi connectivity index (χ1n) is 9.23. The summed E-state index contributed by atoms with van der Waals surface area (Å²) >= 11 is 0. The molecule has 0 aliphatic rings. The molecule has 6 heteroatoms. The maximum atomic E-state index is 12.3. The summed E-state index contributed by atoms with van der Waals surface area (Å²) in [5.41, 5.74) is 1.50. The van der Waals surface area contributed by atoms with Gasteiger partial charge in [0.15, 0.2) is 11.5 Å². The molecule has 1 N–H and O–H groups in total. The summed E-state index contributed by atoms with van der Waals surface area (Å²) in [6, 6.07) is 12.2. The average Bonchev–Trinajstić information content (AvgIpc) is 2.69. The lowest BCUT2D eigenvalue weighted by Crippen LogP contribution is -2.13. The van der Waals surface area contributed by atoms with E-state index in [0.717, 1.165) is 5.56 Å². The van der Waals surface area contributed by atoms with Gasteiger partial charge in [-0.1, -0.05) is 18.2 Å². The second-order valence-corrected chi connectivity index (χ2v) is 5.66. The lowest BCUT2D eigenvalue weighted by molar-refractivity contribution is -0.111. The van der Waals surface area contributed by atoms with E-state index in [9.17, 15) is 9.59 Å². The number of anilines is 1. The van der Waals surface area contributed by atoms with Crippen molar-refractivity contribution in [1.82, 2.24) is 0 Å². The van der Waals surface area contributed by atoms with Gasteiger partial charge in [0.2, 0.25) is 5.91 Å². The van der Waals surface area contributed by atoms with Gasteiger partial charge >= 0.3 is 5.97 Å². The predicted octanol–water partition coefficient (Wildman–Crippen LogP) is 4.31. The third-order valence-corrected chi connectivity index (χ3v) is 3.67. The van der Waals surface area contributed by atoms with Gasteiger partial charge in [-0.15, -0.1) is 0 Å². The molecule has 2 rings (SSSR count). The van der Waals surface area contributed by atoms with Crippen LogP contribution in [-0.2, 0) is 9.53 Å². The lowest BCUT2D eigenvalue weighted by Gasteiger charge is -2.11. The third-order valence-electron chi connectivity index (χ3n) is 3.67. The van der Waals surface area contributed by atoms with Gasteiger partial charge in [-0.2, -0.15) is 0 Å². The summed E-state index contributed by atoms with van der Waals surface area (Å²) in [4.78, 5) is 24.3. The summed E-state index contributed by atoms with van der Waals surface area (Å²) < 4.78 is 16.1. The summed E-state index contributed by atoms with van der Waals surface area (Å²) in [5, 5.41) is 2.71. The van der Waals surface area contributed by atoms with Crippen LogP contribution < -0.4 is 14.8 Å². The zero-order valence-corrected chi connectivity index (χ0v) is 16.4. The van der Waals surface area contributed by atoms with Gasteiger partial charge in [0.1, 0.15) is 0 Å². The number of benzene rings is 2. The number of esters is 1. The molecule has 0 unspecified atom stereocenters. The van der Waals surface area contributed by atoms with Crippen molar-refractivity contribution in [2.75, 3.05) is 25.1 Å². The average molecular weight is 383 g/mol. The first-order valence-corrected chi connectivity index (χ1v) is 9.23. The largest absolute Gasteiger partial charge is 0.490 e. The topological polar surface area (TPSA) is 73.9 Å². The number of hydrogen-bond donors (Lipinski definition) is 1. The Morgan fingerprint density at radius 1 is 0.929 bits per heavy atom. The van der Waals surface area contributed by atoms with Gasteiger partial charge in [-0.3, -0.25) is 4.79 Å². The van der Waals surface area contributed by atoms with Gasteiger partial charge in [0.05, 0.1) is 31.1 Å². The minimum absolute atomic E-state index is 0.265. The molecule has 0 bridgehead atoms. The Kier molecular flexibility index (Phi) is 8.09. The fraction of sp³-hybridized carbons (Fsp3) is 0.273. The van der Waals surface area contributed by atoms with E-state index in [4.69, 9.17) is 14.2 Å². The molecule has 28 heavy (non-hydrogen) atoms. The van der Waals surface area contributed by atoms with E-state index in [0.29, 0.717) is 36.0 Å². The standard InChI is InChI=1S/C22H25NO5/c1-4-26-19-13-11-16(15-20(19)27-5-2)12-14-21(24)23-18-10-8-7-9-17(18)22(25)28-6-3/h7-15H,4-6H2,1-3H3,(H,23,24)/b14-12+. The number of hydrogen-bond acceptors (Lipinski definition) is 5. The molecule has 148 valence electrons. The molecule has 2 aromatic carbocycles. The molecule has 6 nitrogen and oxygen atoms in total. The van der Waals surface area contributed by atoms with Gasteiger partial charge in [0.25, 0.3) is 0 Å². The molecule has 0 fully saturated rings.